The van der Waals surface area contributed by atoms with Gasteiger partial charge >= 0.3 is 0 Å². The van der Waals surface area contributed by atoms with Crippen molar-refractivity contribution in [3.63, 3.8) is 0 Å². The highest BCUT2D eigenvalue weighted by atomic mass is 35.5. The van der Waals surface area contributed by atoms with Gasteiger partial charge in [-0.3, -0.25) is 4.79 Å². The first kappa shape index (κ1) is 14.4. The van der Waals surface area contributed by atoms with Crippen LogP contribution in [0.3, 0.4) is 0 Å². The molecule has 4 nitrogen and oxygen atoms in total. The molecule has 2 N–H and O–H groups in total. The van der Waals surface area contributed by atoms with Crippen LogP contribution in [-0.2, 0) is 6.42 Å². The van der Waals surface area contributed by atoms with Crippen molar-refractivity contribution >= 4 is 23.1 Å². The van der Waals surface area contributed by atoms with Gasteiger partial charge in [0, 0.05) is 23.2 Å². The molecule has 110 valence electrons. The van der Waals surface area contributed by atoms with Crippen molar-refractivity contribution in [2.24, 2.45) is 0 Å². The molecule has 0 saturated heterocycles. The molecule has 0 aliphatic heterocycles. The monoisotopic (exact) mass is 312 g/mol. The van der Waals surface area contributed by atoms with Gasteiger partial charge in [-0.05, 0) is 35.9 Å². The minimum Gasteiger partial charge on any atom is -0.445 e. The number of carbonyl (C=O) groups is 1. The first-order chi connectivity index (χ1) is 10.6. The van der Waals surface area contributed by atoms with Gasteiger partial charge in [-0.25, -0.2) is 4.98 Å². The zero-order valence-corrected chi connectivity index (χ0v) is 12.4. The van der Waals surface area contributed by atoms with Crippen molar-refractivity contribution in [1.29, 1.82) is 0 Å². The summed E-state index contributed by atoms with van der Waals surface area (Å²) < 4.78 is 5.23. The van der Waals surface area contributed by atoms with Crippen LogP contribution in [0.25, 0.3) is 11.5 Å². The number of hydrogen-bond donors (Lipinski definition) is 1. The van der Waals surface area contributed by atoms with Crippen molar-refractivity contribution in [3.8, 4) is 11.5 Å². The lowest BCUT2D eigenvalue weighted by molar-refractivity contribution is 0.0993. The Morgan fingerprint density at radius 3 is 2.64 bits per heavy atom. The highest BCUT2D eigenvalue weighted by Crippen LogP contribution is 2.22. The van der Waals surface area contributed by atoms with E-state index < -0.39 is 0 Å². The number of nitrogen functional groups attached to an aromatic ring is 1. The Morgan fingerprint density at radius 1 is 1.18 bits per heavy atom. The topological polar surface area (TPSA) is 69.1 Å². The quantitative estimate of drug-likeness (QED) is 0.584. The fourth-order valence-electron chi connectivity index (χ4n) is 2.17. The normalized spacial score (nSPS) is 10.6. The number of rotatable bonds is 4. The summed E-state index contributed by atoms with van der Waals surface area (Å²) in [5.74, 6) is 0.484. The molecule has 0 radical (unpaired) electrons. The largest absolute Gasteiger partial charge is 0.445 e. The Bertz CT molecular complexity index is 796. The molecule has 0 atom stereocenters. The summed E-state index contributed by atoms with van der Waals surface area (Å²) in [6.45, 7) is 0. The number of oxazole rings is 1. The van der Waals surface area contributed by atoms with Crippen LogP contribution in [0.15, 0.2) is 59.3 Å². The van der Waals surface area contributed by atoms with Gasteiger partial charge in [0.25, 0.3) is 0 Å². The van der Waals surface area contributed by atoms with E-state index in [0.717, 1.165) is 11.1 Å². The molecule has 3 rings (SSSR count). The second-order valence-corrected chi connectivity index (χ2v) is 5.28. The number of anilines is 1. The van der Waals surface area contributed by atoms with Crippen molar-refractivity contribution in [3.05, 3.63) is 71.1 Å². The smallest absolute Gasteiger partial charge is 0.225 e. The minimum absolute atomic E-state index is 0.0684. The summed E-state index contributed by atoms with van der Waals surface area (Å²) in [6, 6.07) is 12.4. The Morgan fingerprint density at radius 2 is 1.95 bits per heavy atom. The van der Waals surface area contributed by atoms with Crippen LogP contribution in [0.1, 0.15) is 15.9 Å². The van der Waals surface area contributed by atoms with E-state index in [9.17, 15) is 4.79 Å². The summed E-state index contributed by atoms with van der Waals surface area (Å²) in [5, 5.41) is 0.413. The maximum absolute atomic E-state index is 12.3. The molecule has 0 spiro atoms. The maximum Gasteiger partial charge on any atom is 0.225 e. The van der Waals surface area contributed by atoms with Crippen LogP contribution in [0, 0.1) is 0 Å². The van der Waals surface area contributed by atoms with Gasteiger partial charge < -0.3 is 10.2 Å². The zero-order chi connectivity index (χ0) is 15.5. The van der Waals surface area contributed by atoms with E-state index in [-0.39, 0.29) is 12.2 Å². The number of aromatic nitrogens is 1. The molecule has 0 amide bonds. The van der Waals surface area contributed by atoms with Crippen LogP contribution >= 0.6 is 11.6 Å². The van der Waals surface area contributed by atoms with Crippen molar-refractivity contribution < 1.29 is 9.21 Å². The molecular formula is C17H13ClN2O2. The molecule has 0 unspecified atom stereocenters. The van der Waals surface area contributed by atoms with E-state index in [2.05, 4.69) is 4.98 Å². The van der Waals surface area contributed by atoms with Gasteiger partial charge in [-0.15, -0.1) is 0 Å². The summed E-state index contributed by atoms with van der Waals surface area (Å²) in [6.07, 6.45) is 3.37. The average molecular weight is 313 g/mol. The Kier molecular flexibility index (Phi) is 3.94. The van der Waals surface area contributed by atoms with Gasteiger partial charge in [-0.2, -0.15) is 0 Å². The first-order valence-electron chi connectivity index (χ1n) is 6.70. The van der Waals surface area contributed by atoms with Crippen LogP contribution in [0.4, 0.5) is 5.69 Å². The number of Topliss-reactive ketones (excluding diaryl/α,β-unsaturated/α-hetero) is 1. The van der Waals surface area contributed by atoms with Crippen molar-refractivity contribution in [2.75, 3.05) is 5.73 Å². The van der Waals surface area contributed by atoms with Crippen LogP contribution < -0.4 is 5.73 Å². The standard InChI is InChI=1S/C17H13ClN2O2/c18-15-6-5-13(19)10-14(15)16(21)9-11-1-3-12(4-2-11)17-20-7-8-22-17/h1-8,10H,9,19H2. The molecule has 0 bridgehead atoms. The Balaban J connectivity index is 1.78. The van der Waals surface area contributed by atoms with Crippen LogP contribution in [0.2, 0.25) is 5.02 Å². The molecule has 2 aromatic carbocycles. The van der Waals surface area contributed by atoms with Crippen LogP contribution in [0.5, 0.6) is 0 Å². The molecule has 22 heavy (non-hydrogen) atoms. The number of nitrogens with zero attached hydrogens (tertiary/aromatic N) is 1. The third kappa shape index (κ3) is 3.02. The third-order valence-electron chi connectivity index (χ3n) is 3.29. The van der Waals surface area contributed by atoms with E-state index in [0.29, 0.717) is 22.2 Å². The maximum atomic E-state index is 12.3. The molecule has 0 aliphatic carbocycles. The number of hydrogen-bond acceptors (Lipinski definition) is 4. The fraction of sp³-hybridized carbons (Fsp3) is 0.0588. The van der Waals surface area contributed by atoms with Crippen molar-refractivity contribution in [2.45, 2.75) is 6.42 Å². The second kappa shape index (κ2) is 6.03. The Hall–Kier alpha value is -2.59. The highest BCUT2D eigenvalue weighted by Gasteiger charge is 2.12. The number of carbonyl (C=O) groups excluding carboxylic acids is 1. The van der Waals surface area contributed by atoms with Gasteiger partial charge in [0.05, 0.1) is 11.2 Å². The number of benzene rings is 2. The van der Waals surface area contributed by atoms with E-state index in [1.54, 1.807) is 24.4 Å². The fourth-order valence-corrected chi connectivity index (χ4v) is 2.39. The summed E-state index contributed by atoms with van der Waals surface area (Å²) >= 11 is 6.05. The Labute approximate surface area is 132 Å². The van der Waals surface area contributed by atoms with Gasteiger partial charge in [-0.1, -0.05) is 23.7 Å². The number of nitrogens with two attached hydrogens (primary N) is 1. The SMILES string of the molecule is Nc1ccc(Cl)c(C(=O)Cc2ccc(-c3ncco3)cc2)c1. The lowest BCUT2D eigenvalue weighted by Crippen LogP contribution is -2.05. The zero-order valence-electron chi connectivity index (χ0n) is 11.6. The second-order valence-electron chi connectivity index (χ2n) is 4.87. The number of halogens is 1. The predicted octanol–water partition coefficient (Wildman–Crippen LogP) is 4.00. The van der Waals surface area contributed by atoms with Gasteiger partial charge in [0.2, 0.25) is 5.89 Å². The summed E-state index contributed by atoms with van der Waals surface area (Å²) in [4.78, 5) is 16.4. The lowest BCUT2D eigenvalue weighted by atomic mass is 10.0. The molecule has 5 heteroatoms. The molecule has 1 aromatic heterocycles. The molecular weight excluding hydrogens is 300 g/mol. The van der Waals surface area contributed by atoms with E-state index in [4.69, 9.17) is 21.8 Å². The molecule has 0 aliphatic rings. The van der Waals surface area contributed by atoms with E-state index in [1.165, 1.54) is 6.26 Å². The molecule has 0 fully saturated rings. The predicted molar refractivity (Wildman–Crippen MR) is 85.8 cm³/mol. The number of ketones is 1. The molecule has 0 saturated carbocycles. The van der Waals surface area contributed by atoms with Crippen molar-refractivity contribution in [1.82, 2.24) is 4.98 Å². The highest BCUT2D eigenvalue weighted by molar-refractivity contribution is 6.34. The molecule has 3 aromatic rings. The van der Waals surface area contributed by atoms with Crippen LogP contribution in [-0.4, -0.2) is 10.8 Å². The van der Waals surface area contributed by atoms with E-state index in [1.807, 2.05) is 24.3 Å². The molecule has 1 heterocycles. The average Bonchev–Trinajstić information content (AvgIpc) is 3.05. The summed E-state index contributed by atoms with van der Waals surface area (Å²) in [7, 11) is 0. The van der Waals surface area contributed by atoms with Gasteiger partial charge in [0.1, 0.15) is 6.26 Å². The lowest BCUT2D eigenvalue weighted by Gasteiger charge is -2.05. The van der Waals surface area contributed by atoms with E-state index >= 15 is 0 Å². The first-order valence-corrected chi connectivity index (χ1v) is 7.08. The minimum atomic E-state index is -0.0684. The third-order valence-corrected chi connectivity index (χ3v) is 3.62. The summed E-state index contributed by atoms with van der Waals surface area (Å²) in [5.41, 5.74) is 8.42. The van der Waals surface area contributed by atoms with Gasteiger partial charge in [0.15, 0.2) is 5.78 Å².